The average molecular weight is 351 g/mol. The molecule has 0 aliphatic carbocycles. The molecule has 122 valence electrons. The molecule has 0 bridgehead atoms. The monoisotopic (exact) mass is 351 g/mol. The standard InChI is InChI=1S/C17H18FNO2S2/c18-14-5-3-13(4-6-14)16(20)7-8-17(21)19-9-11-22-12-15-2-1-10-23-15/h1-6,10H,7-9,11-12H2,(H,19,21). The van der Waals surface area contributed by atoms with Gasteiger partial charge in [0.1, 0.15) is 5.82 Å². The molecule has 1 heterocycles. The van der Waals surface area contributed by atoms with Crippen LogP contribution in [0.25, 0.3) is 0 Å². The average Bonchev–Trinajstić information content (AvgIpc) is 3.06. The predicted molar refractivity (Wildman–Crippen MR) is 93.5 cm³/mol. The smallest absolute Gasteiger partial charge is 0.220 e. The summed E-state index contributed by atoms with van der Waals surface area (Å²) in [6.45, 7) is 0.597. The molecule has 0 atom stereocenters. The van der Waals surface area contributed by atoms with Crippen molar-refractivity contribution in [2.75, 3.05) is 12.3 Å². The van der Waals surface area contributed by atoms with E-state index in [1.54, 1.807) is 23.1 Å². The van der Waals surface area contributed by atoms with Gasteiger partial charge in [0.05, 0.1) is 0 Å². The Balaban J connectivity index is 1.57. The highest BCUT2D eigenvalue weighted by Gasteiger charge is 2.09. The van der Waals surface area contributed by atoms with Crippen molar-refractivity contribution in [1.29, 1.82) is 0 Å². The lowest BCUT2D eigenvalue weighted by Crippen LogP contribution is -2.26. The van der Waals surface area contributed by atoms with Crippen LogP contribution in [-0.4, -0.2) is 24.0 Å². The number of rotatable bonds is 9. The fourth-order valence-electron chi connectivity index (χ4n) is 1.93. The van der Waals surface area contributed by atoms with Gasteiger partial charge in [-0.15, -0.1) is 11.3 Å². The predicted octanol–water partition coefficient (Wildman–Crippen LogP) is 3.90. The first kappa shape index (κ1) is 17.7. The van der Waals surface area contributed by atoms with Crippen LogP contribution in [0, 0.1) is 5.82 Å². The molecule has 1 amide bonds. The lowest BCUT2D eigenvalue weighted by Gasteiger charge is -2.05. The minimum absolute atomic E-state index is 0.128. The molecular formula is C17H18FNO2S2. The number of thiophene rings is 1. The summed E-state index contributed by atoms with van der Waals surface area (Å²) >= 11 is 3.50. The van der Waals surface area contributed by atoms with Gasteiger partial charge in [-0.2, -0.15) is 11.8 Å². The van der Waals surface area contributed by atoms with Crippen LogP contribution >= 0.6 is 23.1 Å². The zero-order chi connectivity index (χ0) is 16.5. The number of Topliss-reactive ketones (excluding diaryl/α,β-unsaturated/α-hetero) is 1. The molecule has 1 aromatic heterocycles. The summed E-state index contributed by atoms with van der Waals surface area (Å²) in [5.74, 6) is 1.15. The van der Waals surface area contributed by atoms with E-state index in [-0.39, 0.29) is 30.3 Å². The Morgan fingerprint density at radius 3 is 2.61 bits per heavy atom. The van der Waals surface area contributed by atoms with Crippen LogP contribution < -0.4 is 5.32 Å². The maximum atomic E-state index is 12.8. The quantitative estimate of drug-likeness (QED) is 0.550. The van der Waals surface area contributed by atoms with Crippen LogP contribution in [0.15, 0.2) is 41.8 Å². The summed E-state index contributed by atoms with van der Waals surface area (Å²) in [5, 5.41) is 4.86. The summed E-state index contributed by atoms with van der Waals surface area (Å²) in [4.78, 5) is 24.9. The highest BCUT2D eigenvalue weighted by atomic mass is 32.2. The van der Waals surface area contributed by atoms with Crippen molar-refractivity contribution in [1.82, 2.24) is 5.32 Å². The van der Waals surface area contributed by atoms with Gasteiger partial charge >= 0.3 is 0 Å². The first-order valence-corrected chi connectivity index (χ1v) is 9.34. The maximum absolute atomic E-state index is 12.8. The Morgan fingerprint density at radius 1 is 1.13 bits per heavy atom. The molecule has 0 aliphatic rings. The first-order valence-electron chi connectivity index (χ1n) is 7.31. The topological polar surface area (TPSA) is 46.2 Å². The van der Waals surface area contributed by atoms with Crippen LogP contribution in [-0.2, 0) is 10.5 Å². The van der Waals surface area contributed by atoms with Gasteiger partial charge in [0.25, 0.3) is 0 Å². The molecule has 2 rings (SSSR count). The number of ketones is 1. The largest absolute Gasteiger partial charge is 0.355 e. The zero-order valence-electron chi connectivity index (χ0n) is 12.6. The van der Waals surface area contributed by atoms with E-state index in [4.69, 9.17) is 0 Å². The third kappa shape index (κ3) is 6.54. The summed E-state index contributed by atoms with van der Waals surface area (Å²) in [7, 11) is 0. The van der Waals surface area contributed by atoms with Gasteiger partial charge in [0, 0.05) is 41.3 Å². The Morgan fingerprint density at radius 2 is 1.91 bits per heavy atom. The number of carbonyl (C=O) groups excluding carboxylic acids is 2. The van der Waals surface area contributed by atoms with Crippen LogP contribution in [0.1, 0.15) is 28.1 Å². The Labute approximate surface area is 143 Å². The number of nitrogens with one attached hydrogen (secondary N) is 1. The number of hydrogen-bond donors (Lipinski definition) is 1. The van der Waals surface area contributed by atoms with E-state index in [1.807, 2.05) is 6.07 Å². The van der Waals surface area contributed by atoms with Crippen LogP contribution in [0.3, 0.4) is 0 Å². The van der Waals surface area contributed by atoms with E-state index in [0.717, 1.165) is 11.5 Å². The lowest BCUT2D eigenvalue weighted by atomic mass is 10.1. The normalized spacial score (nSPS) is 10.5. The summed E-state index contributed by atoms with van der Waals surface area (Å²) in [6, 6.07) is 9.50. The van der Waals surface area contributed by atoms with Crippen molar-refractivity contribution in [2.45, 2.75) is 18.6 Å². The molecule has 3 nitrogen and oxygen atoms in total. The van der Waals surface area contributed by atoms with Gasteiger partial charge in [-0.1, -0.05) is 6.07 Å². The number of amides is 1. The first-order chi connectivity index (χ1) is 11.1. The van der Waals surface area contributed by atoms with Crippen LogP contribution in [0.5, 0.6) is 0 Å². The van der Waals surface area contributed by atoms with E-state index in [9.17, 15) is 14.0 Å². The van der Waals surface area contributed by atoms with Crippen molar-refractivity contribution < 1.29 is 14.0 Å². The maximum Gasteiger partial charge on any atom is 0.220 e. The van der Waals surface area contributed by atoms with Gasteiger partial charge in [-0.25, -0.2) is 4.39 Å². The van der Waals surface area contributed by atoms with Gasteiger partial charge in [-0.05, 0) is 35.7 Å². The summed E-state index contributed by atoms with van der Waals surface area (Å²) in [6.07, 6.45) is 0.297. The molecule has 6 heteroatoms. The summed E-state index contributed by atoms with van der Waals surface area (Å²) in [5.41, 5.74) is 0.436. The second kappa shape index (κ2) is 9.47. The van der Waals surface area contributed by atoms with Crippen molar-refractivity contribution >= 4 is 34.8 Å². The number of halogens is 1. The molecule has 0 aliphatic heterocycles. The molecular weight excluding hydrogens is 333 g/mol. The number of thioether (sulfide) groups is 1. The van der Waals surface area contributed by atoms with E-state index in [0.29, 0.717) is 12.1 Å². The Hall–Kier alpha value is -1.66. The van der Waals surface area contributed by atoms with Crippen molar-refractivity contribution in [3.05, 3.63) is 58.0 Å². The molecule has 0 saturated carbocycles. The minimum atomic E-state index is -0.376. The van der Waals surface area contributed by atoms with Crippen LogP contribution in [0.2, 0.25) is 0 Å². The van der Waals surface area contributed by atoms with E-state index >= 15 is 0 Å². The fourth-order valence-corrected chi connectivity index (χ4v) is 3.63. The molecule has 0 saturated heterocycles. The van der Waals surface area contributed by atoms with Crippen LogP contribution in [0.4, 0.5) is 4.39 Å². The van der Waals surface area contributed by atoms with Gasteiger partial charge in [0.2, 0.25) is 5.91 Å². The molecule has 1 aromatic carbocycles. The van der Waals surface area contributed by atoms with Crippen molar-refractivity contribution in [3.8, 4) is 0 Å². The molecule has 0 radical (unpaired) electrons. The van der Waals surface area contributed by atoms with E-state index in [1.165, 1.54) is 29.1 Å². The van der Waals surface area contributed by atoms with Crippen molar-refractivity contribution in [2.24, 2.45) is 0 Å². The number of benzene rings is 1. The number of carbonyl (C=O) groups is 2. The summed E-state index contributed by atoms with van der Waals surface area (Å²) < 4.78 is 12.8. The highest BCUT2D eigenvalue weighted by molar-refractivity contribution is 7.98. The second-order valence-corrected chi connectivity index (χ2v) is 7.05. The van der Waals surface area contributed by atoms with E-state index in [2.05, 4.69) is 16.8 Å². The van der Waals surface area contributed by atoms with Gasteiger partial charge < -0.3 is 5.32 Å². The Bertz CT molecular complexity index is 627. The van der Waals surface area contributed by atoms with Crippen molar-refractivity contribution in [3.63, 3.8) is 0 Å². The molecule has 0 spiro atoms. The Kier molecular flexibility index (Phi) is 7.29. The van der Waals surface area contributed by atoms with Gasteiger partial charge in [-0.3, -0.25) is 9.59 Å². The molecule has 0 fully saturated rings. The number of hydrogen-bond acceptors (Lipinski definition) is 4. The molecule has 1 N–H and O–H groups in total. The third-order valence-electron chi connectivity index (χ3n) is 3.14. The minimum Gasteiger partial charge on any atom is -0.355 e. The molecule has 23 heavy (non-hydrogen) atoms. The lowest BCUT2D eigenvalue weighted by molar-refractivity contribution is -0.120. The van der Waals surface area contributed by atoms with E-state index < -0.39 is 0 Å². The molecule has 2 aromatic rings. The second-order valence-electron chi connectivity index (χ2n) is 4.91. The fraction of sp³-hybridized carbons (Fsp3) is 0.294. The third-order valence-corrected chi connectivity index (χ3v) is 5.21. The SMILES string of the molecule is O=C(CCC(=O)c1ccc(F)cc1)NCCSCc1cccs1. The van der Waals surface area contributed by atoms with Gasteiger partial charge in [0.15, 0.2) is 5.78 Å². The molecule has 0 unspecified atom stereocenters. The highest BCUT2D eigenvalue weighted by Crippen LogP contribution is 2.16. The zero-order valence-corrected chi connectivity index (χ0v) is 14.2.